The van der Waals surface area contributed by atoms with Gasteiger partial charge in [0, 0.05) is 26.7 Å². The molecule has 1 amide bonds. The molecule has 0 radical (unpaired) electrons. The van der Waals surface area contributed by atoms with Crippen LogP contribution in [0.25, 0.3) is 0 Å². The van der Waals surface area contributed by atoms with Crippen LogP contribution < -0.4 is 15.4 Å². The maximum Gasteiger partial charge on any atom is 0.241 e. The van der Waals surface area contributed by atoms with E-state index in [-0.39, 0.29) is 24.8 Å². The molecule has 6 nitrogen and oxygen atoms in total. The summed E-state index contributed by atoms with van der Waals surface area (Å²) in [5.41, 5.74) is 1.88. The minimum atomic E-state index is -0.376. The first-order chi connectivity index (χ1) is 13.5. The zero-order chi connectivity index (χ0) is 20.4. The second-order valence-electron chi connectivity index (χ2n) is 6.47. The molecule has 0 aliphatic heterocycles. The number of amides is 1. The van der Waals surface area contributed by atoms with E-state index in [4.69, 9.17) is 4.74 Å². The molecule has 0 aromatic heterocycles. The maximum atomic E-state index is 13.7. The summed E-state index contributed by atoms with van der Waals surface area (Å²) < 4.78 is 18.8. The Labute approximate surface area is 165 Å². The first kappa shape index (κ1) is 21.2. The van der Waals surface area contributed by atoms with E-state index in [1.54, 1.807) is 20.2 Å². The van der Waals surface area contributed by atoms with E-state index >= 15 is 0 Å². The Balaban J connectivity index is 2.02. The summed E-state index contributed by atoms with van der Waals surface area (Å²) in [4.78, 5) is 17.8. The van der Waals surface area contributed by atoms with Gasteiger partial charge in [0.05, 0.1) is 20.2 Å². The van der Waals surface area contributed by atoms with E-state index in [1.807, 2.05) is 18.2 Å². The van der Waals surface area contributed by atoms with Gasteiger partial charge in [-0.1, -0.05) is 30.3 Å². The number of aliphatic imine (C=N–C) groups is 1. The zero-order valence-corrected chi connectivity index (χ0v) is 16.5. The number of benzene rings is 2. The molecule has 0 fully saturated rings. The highest BCUT2D eigenvalue weighted by molar-refractivity contribution is 5.86. The van der Waals surface area contributed by atoms with E-state index in [0.717, 1.165) is 6.42 Å². The van der Waals surface area contributed by atoms with E-state index in [1.165, 1.54) is 29.7 Å². The Morgan fingerprint density at radius 1 is 1.11 bits per heavy atom. The molecule has 0 saturated heterocycles. The van der Waals surface area contributed by atoms with Crippen LogP contribution in [0.4, 0.5) is 4.39 Å². The van der Waals surface area contributed by atoms with Gasteiger partial charge < -0.3 is 20.3 Å². The summed E-state index contributed by atoms with van der Waals surface area (Å²) in [7, 11) is 4.89. The lowest BCUT2D eigenvalue weighted by molar-refractivity contribution is -0.127. The van der Waals surface area contributed by atoms with Crippen molar-refractivity contribution < 1.29 is 13.9 Å². The normalized spacial score (nSPS) is 11.1. The van der Waals surface area contributed by atoms with Gasteiger partial charge in [-0.3, -0.25) is 4.79 Å². The first-order valence-corrected chi connectivity index (χ1v) is 9.07. The minimum Gasteiger partial charge on any atom is -0.497 e. The summed E-state index contributed by atoms with van der Waals surface area (Å²) in [6.07, 6.45) is 0.816. The quantitative estimate of drug-likeness (QED) is 0.539. The number of guanidine groups is 1. The number of hydrogen-bond acceptors (Lipinski definition) is 3. The van der Waals surface area contributed by atoms with Gasteiger partial charge in [0.25, 0.3) is 0 Å². The van der Waals surface area contributed by atoms with Crippen LogP contribution in [0, 0.1) is 5.82 Å². The van der Waals surface area contributed by atoms with Gasteiger partial charge in [0.15, 0.2) is 5.96 Å². The van der Waals surface area contributed by atoms with Crippen molar-refractivity contribution in [1.82, 2.24) is 15.5 Å². The second-order valence-corrected chi connectivity index (χ2v) is 6.47. The van der Waals surface area contributed by atoms with E-state index in [9.17, 15) is 9.18 Å². The number of hydrogen-bond donors (Lipinski definition) is 2. The van der Waals surface area contributed by atoms with Crippen LogP contribution in [0.3, 0.4) is 0 Å². The van der Waals surface area contributed by atoms with Gasteiger partial charge in [-0.05, 0) is 29.7 Å². The Hall–Kier alpha value is -3.09. The average Bonchev–Trinajstić information content (AvgIpc) is 2.69. The van der Waals surface area contributed by atoms with Gasteiger partial charge in [0.2, 0.25) is 5.91 Å². The van der Waals surface area contributed by atoms with Crippen molar-refractivity contribution in [2.75, 3.05) is 34.3 Å². The molecule has 2 N–H and O–H groups in total. The second kappa shape index (κ2) is 10.9. The van der Waals surface area contributed by atoms with Crippen LogP contribution in [-0.4, -0.2) is 51.1 Å². The summed E-state index contributed by atoms with van der Waals surface area (Å²) >= 11 is 0. The number of rotatable bonds is 8. The van der Waals surface area contributed by atoms with Crippen molar-refractivity contribution in [3.8, 4) is 5.75 Å². The molecular weight excluding hydrogens is 359 g/mol. The molecular formula is C21H27FN4O2. The minimum absolute atomic E-state index is 0.0648. The lowest BCUT2D eigenvalue weighted by Crippen LogP contribution is -2.43. The predicted molar refractivity (Wildman–Crippen MR) is 109 cm³/mol. The summed E-state index contributed by atoms with van der Waals surface area (Å²) in [6.45, 7) is 1.03. The Morgan fingerprint density at radius 3 is 2.54 bits per heavy atom. The fourth-order valence-corrected chi connectivity index (χ4v) is 2.46. The van der Waals surface area contributed by atoms with Crippen LogP contribution in [0.15, 0.2) is 53.5 Å². The van der Waals surface area contributed by atoms with Crippen LogP contribution in [0.2, 0.25) is 0 Å². The molecule has 0 spiro atoms. The third-order valence-electron chi connectivity index (χ3n) is 4.04. The standard InChI is InChI=1S/C21H27FN4O2/c1-26(2)20(27)15-25-21(23-10-9-16-7-5-4-6-8-16)24-14-17-11-18(22)13-19(12-17)28-3/h4-8,11-13H,9-10,14-15H2,1-3H3,(H2,23,24,25). The van der Waals surface area contributed by atoms with E-state index < -0.39 is 0 Å². The van der Waals surface area contributed by atoms with Gasteiger partial charge >= 0.3 is 0 Å². The number of nitrogens with one attached hydrogen (secondary N) is 2. The number of carbonyl (C=O) groups excluding carboxylic acids is 1. The van der Waals surface area contributed by atoms with Crippen molar-refractivity contribution in [1.29, 1.82) is 0 Å². The van der Waals surface area contributed by atoms with Crippen LogP contribution in [0.1, 0.15) is 11.1 Å². The smallest absolute Gasteiger partial charge is 0.241 e. The molecule has 0 heterocycles. The lowest BCUT2D eigenvalue weighted by atomic mass is 10.1. The Bertz CT molecular complexity index is 794. The molecule has 0 unspecified atom stereocenters. The van der Waals surface area contributed by atoms with Gasteiger partial charge in [-0.2, -0.15) is 0 Å². The number of carbonyl (C=O) groups is 1. The lowest BCUT2D eigenvalue weighted by Gasteiger charge is -2.15. The monoisotopic (exact) mass is 386 g/mol. The van der Waals surface area contributed by atoms with Gasteiger partial charge in [-0.15, -0.1) is 0 Å². The molecule has 7 heteroatoms. The number of methoxy groups -OCH3 is 1. The van der Waals surface area contributed by atoms with Crippen LogP contribution >= 0.6 is 0 Å². The van der Waals surface area contributed by atoms with Crippen molar-refractivity contribution in [3.63, 3.8) is 0 Å². The molecule has 2 rings (SSSR count). The highest BCUT2D eigenvalue weighted by Crippen LogP contribution is 2.16. The van der Waals surface area contributed by atoms with Gasteiger partial charge in [-0.25, -0.2) is 9.38 Å². The highest BCUT2D eigenvalue weighted by Gasteiger charge is 2.07. The van der Waals surface area contributed by atoms with Crippen molar-refractivity contribution in [2.24, 2.45) is 4.99 Å². The Kier molecular flexibility index (Phi) is 8.27. The molecule has 0 atom stereocenters. The zero-order valence-electron chi connectivity index (χ0n) is 16.5. The summed E-state index contributed by atoms with van der Waals surface area (Å²) in [5.74, 6) is 0.498. The molecule has 0 bridgehead atoms. The molecule has 150 valence electrons. The molecule has 0 aliphatic carbocycles. The maximum absolute atomic E-state index is 13.7. The largest absolute Gasteiger partial charge is 0.497 e. The third kappa shape index (κ3) is 7.26. The molecule has 28 heavy (non-hydrogen) atoms. The molecule has 0 saturated carbocycles. The average molecular weight is 386 g/mol. The number of likely N-dealkylation sites (N-methyl/N-ethyl adjacent to an activating group) is 1. The number of halogens is 1. The fourth-order valence-electron chi connectivity index (χ4n) is 2.46. The number of nitrogens with zero attached hydrogens (tertiary/aromatic N) is 2. The van der Waals surface area contributed by atoms with E-state index in [2.05, 4.69) is 27.8 Å². The molecule has 2 aromatic carbocycles. The number of ether oxygens (including phenoxy) is 1. The van der Waals surface area contributed by atoms with Crippen molar-refractivity contribution in [2.45, 2.75) is 13.0 Å². The first-order valence-electron chi connectivity index (χ1n) is 9.07. The highest BCUT2D eigenvalue weighted by atomic mass is 19.1. The van der Waals surface area contributed by atoms with E-state index in [0.29, 0.717) is 23.8 Å². The molecule has 0 aliphatic rings. The van der Waals surface area contributed by atoms with Crippen molar-refractivity contribution >= 4 is 11.9 Å². The predicted octanol–water partition coefficient (Wildman–Crippen LogP) is 2.20. The topological polar surface area (TPSA) is 66.0 Å². The third-order valence-corrected chi connectivity index (χ3v) is 4.04. The van der Waals surface area contributed by atoms with Gasteiger partial charge in [0.1, 0.15) is 11.6 Å². The summed E-state index contributed by atoms with van der Waals surface area (Å²) in [5, 5.41) is 6.24. The van der Waals surface area contributed by atoms with Crippen LogP contribution in [0.5, 0.6) is 5.75 Å². The van der Waals surface area contributed by atoms with Crippen LogP contribution in [-0.2, 0) is 17.8 Å². The molecule has 2 aromatic rings. The Morgan fingerprint density at radius 2 is 1.86 bits per heavy atom. The fraction of sp³-hybridized carbons (Fsp3) is 0.333. The SMILES string of the molecule is COc1cc(F)cc(CN=C(NCCc2ccccc2)NCC(=O)N(C)C)c1. The van der Waals surface area contributed by atoms with Crippen molar-refractivity contribution in [3.05, 3.63) is 65.5 Å². The summed E-state index contributed by atoms with van der Waals surface area (Å²) in [6, 6.07) is 14.6.